The molecule has 72 valence electrons. The molecule has 1 nitrogen and oxygen atoms in total. The van der Waals surface area contributed by atoms with Gasteiger partial charge in [0, 0.05) is 0 Å². The zero-order valence-electron chi connectivity index (χ0n) is 9.05. The maximum Gasteiger partial charge on any atom is 0.0519 e. The van der Waals surface area contributed by atoms with E-state index in [0.29, 0.717) is 11.5 Å². The summed E-state index contributed by atoms with van der Waals surface area (Å²) in [6, 6.07) is 0. The SMILES string of the molecule is CC(C)OCCC=CC(C)(C)C. The minimum Gasteiger partial charge on any atom is -0.378 e. The minimum absolute atomic E-state index is 0.303. The van der Waals surface area contributed by atoms with Crippen molar-refractivity contribution < 1.29 is 4.74 Å². The molecule has 0 heterocycles. The van der Waals surface area contributed by atoms with Gasteiger partial charge < -0.3 is 4.74 Å². The molecular weight excluding hydrogens is 148 g/mol. The molecule has 0 saturated carbocycles. The molecule has 0 aromatic carbocycles. The topological polar surface area (TPSA) is 9.23 Å². The summed E-state index contributed by atoms with van der Waals surface area (Å²) in [6.07, 6.45) is 5.81. The first-order valence-corrected chi connectivity index (χ1v) is 4.71. The lowest BCUT2D eigenvalue weighted by Crippen LogP contribution is -2.03. The summed E-state index contributed by atoms with van der Waals surface area (Å²) in [5, 5.41) is 0. The molecule has 0 radical (unpaired) electrons. The van der Waals surface area contributed by atoms with E-state index in [9.17, 15) is 0 Å². The van der Waals surface area contributed by atoms with Crippen molar-refractivity contribution in [2.24, 2.45) is 5.41 Å². The van der Waals surface area contributed by atoms with Crippen molar-refractivity contribution in [2.45, 2.75) is 47.1 Å². The van der Waals surface area contributed by atoms with Gasteiger partial charge in [0.2, 0.25) is 0 Å². The molecule has 0 N–H and O–H groups in total. The summed E-state index contributed by atoms with van der Waals surface area (Å²) in [7, 11) is 0. The fraction of sp³-hybridized carbons (Fsp3) is 0.818. The first-order chi connectivity index (χ1) is 5.42. The van der Waals surface area contributed by atoms with E-state index in [0.717, 1.165) is 13.0 Å². The minimum atomic E-state index is 0.303. The first-order valence-electron chi connectivity index (χ1n) is 4.71. The van der Waals surface area contributed by atoms with E-state index in [2.05, 4.69) is 46.8 Å². The smallest absolute Gasteiger partial charge is 0.0519 e. The highest BCUT2D eigenvalue weighted by molar-refractivity contribution is 4.91. The lowest BCUT2D eigenvalue weighted by molar-refractivity contribution is 0.0825. The van der Waals surface area contributed by atoms with Gasteiger partial charge in [-0.25, -0.2) is 0 Å². The van der Waals surface area contributed by atoms with Crippen molar-refractivity contribution in [3.63, 3.8) is 0 Å². The zero-order chi connectivity index (χ0) is 9.61. The molecular formula is C11H22O. The normalized spacial score (nSPS) is 13.2. The zero-order valence-corrected chi connectivity index (χ0v) is 9.05. The Balaban J connectivity index is 3.37. The molecule has 0 aliphatic heterocycles. The maximum atomic E-state index is 5.41. The Hall–Kier alpha value is -0.300. The molecule has 1 heteroatoms. The lowest BCUT2D eigenvalue weighted by atomic mass is 9.96. The summed E-state index contributed by atoms with van der Waals surface area (Å²) in [4.78, 5) is 0. The number of ether oxygens (including phenoxy) is 1. The van der Waals surface area contributed by atoms with Gasteiger partial charge in [0.1, 0.15) is 0 Å². The summed E-state index contributed by atoms with van der Waals surface area (Å²) < 4.78 is 5.41. The van der Waals surface area contributed by atoms with Crippen LogP contribution in [-0.4, -0.2) is 12.7 Å². The van der Waals surface area contributed by atoms with E-state index in [1.54, 1.807) is 0 Å². The summed E-state index contributed by atoms with van der Waals surface area (Å²) in [5.41, 5.74) is 0.303. The van der Waals surface area contributed by atoms with Crippen molar-refractivity contribution in [3.8, 4) is 0 Å². The molecule has 0 atom stereocenters. The summed E-state index contributed by atoms with van der Waals surface area (Å²) in [6.45, 7) is 11.6. The van der Waals surface area contributed by atoms with E-state index in [-0.39, 0.29) is 0 Å². The van der Waals surface area contributed by atoms with Gasteiger partial charge in [0.15, 0.2) is 0 Å². The van der Waals surface area contributed by atoms with Crippen LogP contribution in [0.2, 0.25) is 0 Å². The Morgan fingerprint density at radius 2 is 1.83 bits per heavy atom. The summed E-state index contributed by atoms with van der Waals surface area (Å²) in [5.74, 6) is 0. The van der Waals surface area contributed by atoms with Crippen LogP contribution in [0.5, 0.6) is 0 Å². The van der Waals surface area contributed by atoms with Crippen LogP contribution < -0.4 is 0 Å². The van der Waals surface area contributed by atoms with Crippen LogP contribution in [0.4, 0.5) is 0 Å². The molecule has 0 rings (SSSR count). The van der Waals surface area contributed by atoms with E-state index >= 15 is 0 Å². The van der Waals surface area contributed by atoms with E-state index < -0.39 is 0 Å². The molecule has 0 saturated heterocycles. The van der Waals surface area contributed by atoms with Crippen molar-refractivity contribution in [1.82, 2.24) is 0 Å². The van der Waals surface area contributed by atoms with Gasteiger partial charge in [0.25, 0.3) is 0 Å². The summed E-state index contributed by atoms with van der Waals surface area (Å²) >= 11 is 0. The van der Waals surface area contributed by atoms with Crippen LogP contribution >= 0.6 is 0 Å². The van der Waals surface area contributed by atoms with E-state index in [1.165, 1.54) is 0 Å². The predicted molar refractivity (Wildman–Crippen MR) is 54.3 cm³/mol. The van der Waals surface area contributed by atoms with Gasteiger partial charge in [-0.3, -0.25) is 0 Å². The van der Waals surface area contributed by atoms with Gasteiger partial charge >= 0.3 is 0 Å². The molecule has 0 aromatic rings. The molecule has 0 spiro atoms. The molecule has 0 amide bonds. The third-order valence-corrected chi connectivity index (χ3v) is 1.35. The molecule has 0 fully saturated rings. The fourth-order valence-corrected chi connectivity index (χ4v) is 0.809. The largest absolute Gasteiger partial charge is 0.378 e. The van der Waals surface area contributed by atoms with Gasteiger partial charge in [0.05, 0.1) is 12.7 Å². The fourth-order valence-electron chi connectivity index (χ4n) is 0.809. The molecule has 0 aromatic heterocycles. The first kappa shape index (κ1) is 11.7. The Morgan fingerprint density at radius 3 is 2.25 bits per heavy atom. The highest BCUT2D eigenvalue weighted by Crippen LogP contribution is 2.14. The van der Waals surface area contributed by atoms with Gasteiger partial charge in [-0.1, -0.05) is 32.9 Å². The van der Waals surface area contributed by atoms with Crippen LogP contribution in [0.3, 0.4) is 0 Å². The van der Waals surface area contributed by atoms with E-state index in [4.69, 9.17) is 4.74 Å². The van der Waals surface area contributed by atoms with Gasteiger partial charge in [-0.05, 0) is 25.7 Å². The third kappa shape index (κ3) is 9.70. The van der Waals surface area contributed by atoms with Crippen LogP contribution in [0.15, 0.2) is 12.2 Å². The number of allylic oxidation sites excluding steroid dienone is 1. The molecule has 0 aliphatic rings. The Morgan fingerprint density at radius 1 is 1.25 bits per heavy atom. The molecule has 12 heavy (non-hydrogen) atoms. The van der Waals surface area contributed by atoms with Crippen LogP contribution in [0.25, 0.3) is 0 Å². The third-order valence-electron chi connectivity index (χ3n) is 1.35. The monoisotopic (exact) mass is 170 g/mol. The number of rotatable bonds is 4. The predicted octanol–water partition coefficient (Wildman–Crippen LogP) is 3.40. The number of hydrogen-bond acceptors (Lipinski definition) is 1. The van der Waals surface area contributed by atoms with Crippen LogP contribution in [0, 0.1) is 5.41 Å². The van der Waals surface area contributed by atoms with E-state index in [1.807, 2.05) is 0 Å². The second-order valence-corrected chi connectivity index (χ2v) is 4.48. The quantitative estimate of drug-likeness (QED) is 0.464. The highest BCUT2D eigenvalue weighted by atomic mass is 16.5. The second kappa shape index (κ2) is 5.36. The Labute approximate surface area is 76.8 Å². The van der Waals surface area contributed by atoms with Gasteiger partial charge in [-0.15, -0.1) is 0 Å². The van der Waals surface area contributed by atoms with Gasteiger partial charge in [-0.2, -0.15) is 0 Å². The molecule has 0 unspecified atom stereocenters. The van der Waals surface area contributed by atoms with Crippen molar-refractivity contribution in [1.29, 1.82) is 0 Å². The lowest BCUT2D eigenvalue weighted by Gasteiger charge is -2.11. The van der Waals surface area contributed by atoms with Crippen LogP contribution in [0.1, 0.15) is 41.0 Å². The van der Waals surface area contributed by atoms with Crippen molar-refractivity contribution in [3.05, 3.63) is 12.2 Å². The number of hydrogen-bond donors (Lipinski definition) is 0. The average Bonchev–Trinajstić information content (AvgIpc) is 1.83. The second-order valence-electron chi connectivity index (χ2n) is 4.48. The Bertz CT molecular complexity index is 128. The van der Waals surface area contributed by atoms with Crippen molar-refractivity contribution in [2.75, 3.05) is 6.61 Å². The van der Waals surface area contributed by atoms with Crippen LogP contribution in [-0.2, 0) is 4.74 Å². The standard InChI is InChI=1S/C11H22O/c1-10(2)12-9-7-6-8-11(3,4)5/h6,8,10H,7,9H2,1-5H3. The molecule has 0 aliphatic carbocycles. The average molecular weight is 170 g/mol. The highest BCUT2D eigenvalue weighted by Gasteiger charge is 2.02. The maximum absolute atomic E-state index is 5.41. The van der Waals surface area contributed by atoms with Crippen molar-refractivity contribution >= 4 is 0 Å². The molecule has 0 bridgehead atoms. The Kier molecular flexibility index (Phi) is 5.23.